The minimum atomic E-state index is -0.348. The number of aliphatic hydroxyl groups excluding tert-OH is 3. The Hall–Kier alpha value is -10.6. The number of carbonyl (C=O) groups is 1. The number of aryl methyl sites for hydroxylation is 1. The van der Waals surface area contributed by atoms with E-state index in [0.717, 1.165) is 57.8 Å². The number of nitrogens with two attached hydrogens (primary N) is 1. The lowest BCUT2D eigenvalue weighted by Gasteiger charge is -2.15. The van der Waals surface area contributed by atoms with Gasteiger partial charge in [0, 0.05) is 35.1 Å². The first-order valence-electron chi connectivity index (χ1n) is 46.3. The highest BCUT2D eigenvalue weighted by atomic mass is 19.1. The van der Waals surface area contributed by atoms with Gasteiger partial charge in [0.1, 0.15) is 11.6 Å². The van der Waals surface area contributed by atoms with Crippen molar-refractivity contribution in [3.05, 3.63) is 411 Å². The van der Waals surface area contributed by atoms with Crippen LogP contribution in [0, 0.1) is 36.4 Å². The van der Waals surface area contributed by atoms with Gasteiger partial charge in [-0.15, -0.1) is 0 Å². The normalized spacial score (nSPS) is 11.0. The van der Waals surface area contributed by atoms with E-state index < -0.39 is 0 Å². The maximum Gasteiger partial charge on any atom is 0.248 e. The first-order chi connectivity index (χ1) is 60.3. The van der Waals surface area contributed by atoms with E-state index in [4.69, 9.17) is 25.5 Å². The second kappa shape index (κ2) is 64.2. The van der Waals surface area contributed by atoms with Crippen molar-refractivity contribution in [1.82, 2.24) is 9.97 Å². The number of pyridine rings is 1. The summed E-state index contributed by atoms with van der Waals surface area (Å²) in [5.41, 5.74) is 25.7. The molecule has 8 nitrogen and oxygen atoms in total. The van der Waals surface area contributed by atoms with Crippen molar-refractivity contribution >= 4 is 16.8 Å². The van der Waals surface area contributed by atoms with Crippen LogP contribution < -0.4 is 5.73 Å². The van der Waals surface area contributed by atoms with Gasteiger partial charge in [-0.2, -0.15) is 0 Å². The molecule has 0 spiro atoms. The predicted molar refractivity (Wildman–Crippen MR) is 547 cm³/mol. The van der Waals surface area contributed by atoms with Crippen molar-refractivity contribution in [3.8, 4) is 0 Å². The number of carbonyl (C=O) groups excluding carboxylic acids is 1. The Bertz CT molecular complexity index is 4640. The number of rotatable bonds is 20. The molecule has 0 saturated heterocycles. The molecule has 0 aliphatic carbocycles. The Morgan fingerprint density at radius 2 is 0.717 bits per heavy atom. The first kappa shape index (κ1) is 113. The Kier molecular flexibility index (Phi) is 56.9. The zero-order valence-electron chi connectivity index (χ0n) is 82.6. The van der Waals surface area contributed by atoms with Gasteiger partial charge in [-0.3, -0.25) is 9.78 Å². The van der Waals surface area contributed by atoms with Crippen molar-refractivity contribution < 1.29 is 28.9 Å². The number of nitrogens with zero attached hydrogens (tertiary/aromatic N) is 1. The Labute approximate surface area is 769 Å². The molecular formula is C118H162FN3O5. The van der Waals surface area contributed by atoms with Gasteiger partial charge in [0.25, 0.3) is 0 Å². The molecule has 0 aliphatic rings. The summed E-state index contributed by atoms with van der Waals surface area (Å²) in [5, 5.41) is 28.0. The maximum absolute atomic E-state index is 12.4. The van der Waals surface area contributed by atoms with Crippen LogP contribution in [-0.2, 0) is 32.7 Å². The zero-order valence-corrected chi connectivity index (χ0v) is 82.6. The highest BCUT2D eigenvalue weighted by molar-refractivity contribution is 5.94. The SMILES string of the molecule is CC(C)Cc1cc2ccccc2[nH]1.CC(C)Cc1ccccc1.CC(C)[C@@H](C)c1ccccc1.CC(C)[C@H](C)c1ccccc1.CC(C)c1cc(CO)cc(CO)c1.CC(C)c1ccc(CO)cc1.CC(C)c1ccc(F)cc1.CC(C)c1ccccc1.CC(C)c1ccccc1C(N)=O.CC(C)c1ccco1.CC(C)c1ccncc1.Cc1ccc(C(C)C)cc1. The van der Waals surface area contributed by atoms with E-state index in [0.29, 0.717) is 70.7 Å². The van der Waals surface area contributed by atoms with Crippen LogP contribution in [-0.4, -0.2) is 31.2 Å². The van der Waals surface area contributed by atoms with E-state index in [1.807, 2.05) is 117 Å². The number of aromatic amines is 1. The summed E-state index contributed by atoms with van der Waals surface area (Å²) in [6, 6.07) is 97.8. The molecule has 0 radical (unpaired) electrons. The van der Waals surface area contributed by atoms with Gasteiger partial charge >= 0.3 is 0 Å². The maximum atomic E-state index is 12.4. The molecule has 0 bridgehead atoms. The number of primary amides is 1. The number of H-pyrrole nitrogens is 1. The number of hydrogen-bond acceptors (Lipinski definition) is 6. The molecule has 10 aromatic carbocycles. The van der Waals surface area contributed by atoms with Crippen LogP contribution in [0.2, 0.25) is 0 Å². The van der Waals surface area contributed by atoms with Crippen molar-refractivity contribution in [2.45, 2.75) is 279 Å². The number of para-hydroxylation sites is 1. The highest BCUT2D eigenvalue weighted by Gasteiger charge is 2.12. The van der Waals surface area contributed by atoms with E-state index in [1.54, 1.807) is 12.3 Å². The van der Waals surface area contributed by atoms with Crippen molar-refractivity contribution in [1.29, 1.82) is 0 Å². The summed E-state index contributed by atoms with van der Waals surface area (Å²) < 4.78 is 17.4. The number of aromatic nitrogens is 2. The van der Waals surface area contributed by atoms with Crippen molar-refractivity contribution in [3.63, 3.8) is 0 Å². The van der Waals surface area contributed by atoms with Gasteiger partial charge in [-0.05, 0) is 229 Å². The highest BCUT2D eigenvalue weighted by Crippen LogP contribution is 2.27. The zero-order chi connectivity index (χ0) is 94.9. The third-order valence-electron chi connectivity index (χ3n) is 21.4. The molecule has 0 saturated carbocycles. The van der Waals surface area contributed by atoms with E-state index in [9.17, 15) is 9.18 Å². The number of aliphatic hydroxyl groups is 3. The van der Waals surface area contributed by atoms with Crippen LogP contribution in [0.25, 0.3) is 10.9 Å². The van der Waals surface area contributed by atoms with E-state index in [-0.39, 0.29) is 31.5 Å². The van der Waals surface area contributed by atoms with Crippen LogP contribution in [0.1, 0.15) is 339 Å². The average molecular weight is 1720 g/mol. The molecule has 0 fully saturated rings. The van der Waals surface area contributed by atoms with E-state index in [1.165, 1.54) is 85.2 Å². The topological polar surface area (TPSA) is 146 Å². The summed E-state index contributed by atoms with van der Waals surface area (Å²) >= 11 is 0. The summed E-state index contributed by atoms with van der Waals surface area (Å²) in [6.45, 7) is 59.1. The fourth-order valence-electron chi connectivity index (χ4n) is 12.6. The fraction of sp³-hybridized carbons (Fsp3) is 0.390. The Morgan fingerprint density at radius 1 is 0.346 bits per heavy atom. The summed E-state index contributed by atoms with van der Waals surface area (Å²) in [7, 11) is 0. The number of amides is 1. The molecule has 1 amide bonds. The Morgan fingerprint density at radius 3 is 1.06 bits per heavy atom. The molecule has 686 valence electrons. The third kappa shape index (κ3) is 48.8. The number of furan rings is 1. The van der Waals surface area contributed by atoms with Gasteiger partial charge in [-0.25, -0.2) is 4.39 Å². The standard InChI is InChI=1S/C12H15N.C11H16O2.2C11H16.C10H13NO.C10H14O.2C10H14.C9H11F.C9H12.C8H11N.C7H10O/c1-9(2)7-11-8-10-5-3-4-6-12(10)13-11;1-8(2)11-4-9(6-12)3-10(5-11)7-13;2*1-9(2)10(3)11-7-5-4-6-8-11;1-7(2)8-5-3-4-6-9(8)10(11)12;1-8(2)10-5-3-9(7-11)4-6-10;1-8(2)10-6-4-9(3)5-7-10;1-9(2)8-10-6-4-3-5-7-10;1-7(2)8-3-5-9(10)6-4-8;1-8(2)9-6-4-3-5-7-9;1-7(2)8-3-5-9-6-4-8;1-6(2)7-4-3-5-8-7/h3-6,8-9,13H,7H2,1-2H3;3-5,8,12-13H,6-7H2,1-2H3;2*4-10H,1-3H3;3-7H,1-2H3,(H2,11,12);3-6,8,11H,7H2,1-2H3;4-8H,1-3H3;3-7,9H,8H2,1-2H3;3-7H,1-2H3;3-8H,1-2H3;3-7H,1-2H3;3-6H,1-2H3/t;;2*10-;;;;;;;;/m..10......../s1. The molecule has 127 heavy (non-hydrogen) atoms. The molecule has 2 atom stereocenters. The molecule has 3 heterocycles. The summed E-state index contributed by atoms with van der Waals surface area (Å²) in [6.07, 6.45) is 7.69. The molecule has 13 aromatic rings. The van der Waals surface area contributed by atoms with Crippen LogP contribution in [0.15, 0.2) is 314 Å². The predicted octanol–water partition coefficient (Wildman–Crippen LogP) is 32.6. The number of halogens is 1. The molecule has 0 aliphatic heterocycles. The quantitative estimate of drug-likeness (QED) is 0.0514. The largest absolute Gasteiger partial charge is 0.469 e. The molecule has 3 aromatic heterocycles. The number of benzene rings is 10. The van der Waals surface area contributed by atoms with Crippen LogP contribution in [0.4, 0.5) is 4.39 Å². The third-order valence-corrected chi connectivity index (χ3v) is 21.4. The lowest BCUT2D eigenvalue weighted by atomic mass is 9.91. The first-order valence-corrected chi connectivity index (χ1v) is 46.3. The van der Waals surface area contributed by atoms with Crippen LogP contribution >= 0.6 is 0 Å². The molecule has 0 unspecified atom stereocenters. The second-order valence-corrected chi connectivity index (χ2v) is 36.6. The smallest absolute Gasteiger partial charge is 0.248 e. The molecule has 6 N–H and O–H groups in total. The summed E-state index contributed by atoms with van der Waals surface area (Å²) in [5.74, 6) is 9.13. The van der Waals surface area contributed by atoms with Crippen molar-refractivity contribution in [2.75, 3.05) is 0 Å². The number of hydrogen-bond donors (Lipinski definition) is 5. The fourth-order valence-corrected chi connectivity index (χ4v) is 12.6. The molecular weight excluding hydrogens is 1560 g/mol. The molecule has 13 rings (SSSR count). The second-order valence-electron chi connectivity index (χ2n) is 36.6. The lowest BCUT2D eigenvalue weighted by molar-refractivity contribution is 0.0999. The van der Waals surface area contributed by atoms with Gasteiger partial charge in [0.15, 0.2) is 0 Å². The van der Waals surface area contributed by atoms with E-state index in [2.05, 4.69) is 365 Å². The van der Waals surface area contributed by atoms with Crippen LogP contribution in [0.3, 0.4) is 0 Å². The van der Waals surface area contributed by atoms with Gasteiger partial charge < -0.3 is 30.5 Å². The lowest BCUT2D eigenvalue weighted by Crippen LogP contribution is -2.14. The number of fused-ring (bicyclic) bond motifs is 1. The van der Waals surface area contributed by atoms with Gasteiger partial charge in [0.05, 0.1) is 26.1 Å². The monoisotopic (exact) mass is 1720 g/mol. The summed E-state index contributed by atoms with van der Waals surface area (Å²) in [4.78, 5) is 18.3. The molecule has 9 heteroatoms. The minimum absolute atomic E-state index is 0.0353. The van der Waals surface area contributed by atoms with Gasteiger partial charge in [0.2, 0.25) is 5.91 Å². The average Bonchev–Trinajstić information content (AvgIpc) is 1.77. The van der Waals surface area contributed by atoms with Crippen molar-refractivity contribution in [2.24, 2.45) is 29.4 Å². The Balaban J connectivity index is 0.000000470. The van der Waals surface area contributed by atoms with Crippen LogP contribution in [0.5, 0.6) is 0 Å². The van der Waals surface area contributed by atoms with Gasteiger partial charge in [-0.1, -0.05) is 422 Å². The minimum Gasteiger partial charge on any atom is -0.469 e. The van der Waals surface area contributed by atoms with E-state index >= 15 is 0 Å². The number of nitrogens with one attached hydrogen (secondary N) is 1.